The van der Waals surface area contributed by atoms with Crippen molar-refractivity contribution in [3.63, 3.8) is 0 Å². The molecule has 23 heavy (non-hydrogen) atoms. The van der Waals surface area contributed by atoms with Crippen molar-refractivity contribution in [2.24, 2.45) is 5.92 Å². The minimum Gasteiger partial charge on any atom is -0.396 e. The van der Waals surface area contributed by atoms with E-state index in [0.717, 1.165) is 31.7 Å². The lowest BCUT2D eigenvalue weighted by molar-refractivity contribution is 0.114. The highest BCUT2D eigenvalue weighted by Crippen LogP contribution is 2.21. The lowest BCUT2D eigenvalue weighted by atomic mass is 9.92. The highest BCUT2D eigenvalue weighted by atomic mass is 16.3. The molecule has 0 amide bonds. The van der Waals surface area contributed by atoms with Gasteiger partial charge in [0.1, 0.15) is 0 Å². The Morgan fingerprint density at radius 3 is 2.83 bits per heavy atom. The third-order valence-electron chi connectivity index (χ3n) is 4.43. The molecule has 2 aromatic rings. The molecule has 122 valence electrons. The molecule has 0 radical (unpaired) electrons. The fourth-order valence-corrected chi connectivity index (χ4v) is 3.12. The number of nitrogens with one attached hydrogen (secondary N) is 1. The standard InChI is InChI=1S/C18H24N4O/c1-14-7-9-19-18(20-14)21-17-12-22(10-8-16(17)13-23)11-15-5-3-2-4-6-15/h2-7,9,16-17,23H,8,10-13H2,1H3,(H,19,20,21)/t16-,17+/m0/s1. The summed E-state index contributed by atoms with van der Waals surface area (Å²) in [6.07, 6.45) is 2.75. The van der Waals surface area contributed by atoms with E-state index >= 15 is 0 Å². The summed E-state index contributed by atoms with van der Waals surface area (Å²) in [6, 6.07) is 12.6. The van der Waals surface area contributed by atoms with Gasteiger partial charge < -0.3 is 10.4 Å². The number of aryl methyl sites for hydroxylation is 1. The van der Waals surface area contributed by atoms with Gasteiger partial charge in [-0.25, -0.2) is 9.97 Å². The molecule has 0 saturated carbocycles. The van der Waals surface area contributed by atoms with Gasteiger partial charge in [0.25, 0.3) is 0 Å². The summed E-state index contributed by atoms with van der Waals surface area (Å²) >= 11 is 0. The van der Waals surface area contributed by atoms with Gasteiger partial charge in [0.05, 0.1) is 0 Å². The Balaban J connectivity index is 1.66. The Morgan fingerprint density at radius 1 is 1.26 bits per heavy atom. The van der Waals surface area contributed by atoms with Crippen LogP contribution in [0.3, 0.4) is 0 Å². The minimum atomic E-state index is 0.166. The maximum Gasteiger partial charge on any atom is 0.223 e. The Hall–Kier alpha value is -1.98. The molecule has 2 N–H and O–H groups in total. The van der Waals surface area contributed by atoms with E-state index in [0.29, 0.717) is 5.95 Å². The first-order valence-corrected chi connectivity index (χ1v) is 8.18. The third kappa shape index (κ3) is 4.27. The largest absolute Gasteiger partial charge is 0.396 e. The van der Waals surface area contributed by atoms with E-state index in [4.69, 9.17) is 0 Å². The quantitative estimate of drug-likeness (QED) is 0.885. The average Bonchev–Trinajstić information content (AvgIpc) is 2.56. The lowest BCUT2D eigenvalue weighted by Crippen LogP contribution is -2.48. The second-order valence-corrected chi connectivity index (χ2v) is 6.22. The fourth-order valence-electron chi connectivity index (χ4n) is 3.12. The molecule has 2 atom stereocenters. The van der Waals surface area contributed by atoms with E-state index in [2.05, 4.69) is 44.5 Å². The van der Waals surface area contributed by atoms with Gasteiger partial charge in [-0.1, -0.05) is 30.3 Å². The number of hydrogen-bond acceptors (Lipinski definition) is 5. The van der Waals surface area contributed by atoms with E-state index in [-0.39, 0.29) is 18.6 Å². The van der Waals surface area contributed by atoms with Crippen LogP contribution in [0.2, 0.25) is 0 Å². The van der Waals surface area contributed by atoms with Crippen LogP contribution in [0, 0.1) is 12.8 Å². The van der Waals surface area contributed by atoms with Crippen LogP contribution in [-0.4, -0.2) is 45.7 Å². The molecule has 1 aliphatic heterocycles. The second kappa shape index (κ2) is 7.53. The van der Waals surface area contributed by atoms with Crippen molar-refractivity contribution in [1.82, 2.24) is 14.9 Å². The van der Waals surface area contributed by atoms with Crippen LogP contribution in [0.5, 0.6) is 0 Å². The number of likely N-dealkylation sites (tertiary alicyclic amines) is 1. The zero-order chi connectivity index (χ0) is 16.1. The smallest absolute Gasteiger partial charge is 0.223 e. The first-order chi connectivity index (χ1) is 11.2. The normalized spacial score (nSPS) is 22.0. The molecule has 1 aliphatic rings. The first-order valence-electron chi connectivity index (χ1n) is 8.18. The summed E-state index contributed by atoms with van der Waals surface area (Å²) in [5.74, 6) is 0.890. The molecular formula is C18H24N4O. The van der Waals surface area contributed by atoms with Crippen LogP contribution >= 0.6 is 0 Å². The molecule has 0 spiro atoms. The van der Waals surface area contributed by atoms with Gasteiger partial charge in [0.15, 0.2) is 0 Å². The SMILES string of the molecule is Cc1ccnc(N[C@@H]2CN(Cc3ccccc3)CC[C@H]2CO)n1. The third-order valence-corrected chi connectivity index (χ3v) is 4.43. The number of benzene rings is 1. The molecule has 3 rings (SSSR count). The molecular weight excluding hydrogens is 288 g/mol. The maximum atomic E-state index is 9.67. The van der Waals surface area contributed by atoms with Crippen molar-refractivity contribution < 1.29 is 5.11 Å². The summed E-state index contributed by atoms with van der Waals surface area (Å²) in [5.41, 5.74) is 2.26. The van der Waals surface area contributed by atoms with Crippen LogP contribution in [0.25, 0.3) is 0 Å². The zero-order valence-electron chi connectivity index (χ0n) is 13.5. The lowest BCUT2D eigenvalue weighted by Gasteiger charge is -2.38. The first kappa shape index (κ1) is 15.9. The van der Waals surface area contributed by atoms with Crippen LogP contribution in [0.15, 0.2) is 42.6 Å². The summed E-state index contributed by atoms with van der Waals surface area (Å²) in [6.45, 7) is 4.98. The molecule has 1 aromatic heterocycles. The molecule has 1 fully saturated rings. The highest BCUT2D eigenvalue weighted by molar-refractivity contribution is 5.27. The predicted molar refractivity (Wildman–Crippen MR) is 91.1 cm³/mol. The average molecular weight is 312 g/mol. The predicted octanol–water partition coefficient (Wildman–Crippen LogP) is 2.08. The number of aromatic nitrogens is 2. The number of hydrogen-bond donors (Lipinski definition) is 2. The van der Waals surface area contributed by atoms with Crippen LogP contribution in [0.4, 0.5) is 5.95 Å². The van der Waals surface area contributed by atoms with Gasteiger partial charge in [0.2, 0.25) is 5.95 Å². The Morgan fingerprint density at radius 2 is 2.09 bits per heavy atom. The minimum absolute atomic E-state index is 0.166. The monoisotopic (exact) mass is 312 g/mol. The topological polar surface area (TPSA) is 61.3 Å². The Labute approximate surface area is 137 Å². The fraction of sp³-hybridized carbons (Fsp3) is 0.444. The van der Waals surface area contributed by atoms with Crippen LogP contribution in [0.1, 0.15) is 17.7 Å². The van der Waals surface area contributed by atoms with Gasteiger partial charge in [-0.05, 0) is 31.5 Å². The van der Waals surface area contributed by atoms with Gasteiger partial charge >= 0.3 is 0 Å². The van der Waals surface area contributed by atoms with Gasteiger partial charge in [0, 0.05) is 43.5 Å². The molecule has 5 nitrogen and oxygen atoms in total. The van der Waals surface area contributed by atoms with Crippen molar-refractivity contribution in [2.75, 3.05) is 25.0 Å². The van der Waals surface area contributed by atoms with Gasteiger partial charge in [-0.2, -0.15) is 0 Å². The number of aliphatic hydroxyl groups excluding tert-OH is 1. The van der Waals surface area contributed by atoms with Crippen molar-refractivity contribution in [2.45, 2.75) is 25.9 Å². The highest BCUT2D eigenvalue weighted by Gasteiger charge is 2.29. The van der Waals surface area contributed by atoms with Crippen LogP contribution < -0.4 is 5.32 Å². The molecule has 0 bridgehead atoms. The van der Waals surface area contributed by atoms with E-state index in [1.807, 2.05) is 19.1 Å². The van der Waals surface area contributed by atoms with Crippen molar-refractivity contribution in [3.05, 3.63) is 53.9 Å². The Kier molecular flexibility index (Phi) is 5.20. The number of aliphatic hydroxyl groups is 1. The van der Waals surface area contributed by atoms with E-state index < -0.39 is 0 Å². The van der Waals surface area contributed by atoms with Gasteiger partial charge in [-0.15, -0.1) is 0 Å². The molecule has 1 aromatic carbocycles. The molecule has 0 aliphatic carbocycles. The maximum absolute atomic E-state index is 9.67. The van der Waals surface area contributed by atoms with E-state index in [1.165, 1.54) is 5.56 Å². The summed E-state index contributed by atoms with van der Waals surface area (Å²) in [7, 11) is 0. The number of rotatable bonds is 5. The number of nitrogens with zero attached hydrogens (tertiary/aromatic N) is 3. The summed E-state index contributed by atoms with van der Waals surface area (Å²) in [5, 5.41) is 13.1. The van der Waals surface area contributed by atoms with Crippen molar-refractivity contribution in [1.29, 1.82) is 0 Å². The van der Waals surface area contributed by atoms with E-state index in [9.17, 15) is 5.11 Å². The van der Waals surface area contributed by atoms with Crippen molar-refractivity contribution in [3.8, 4) is 0 Å². The summed E-state index contributed by atoms with van der Waals surface area (Å²) in [4.78, 5) is 11.1. The molecule has 1 saturated heterocycles. The number of anilines is 1. The number of piperidine rings is 1. The van der Waals surface area contributed by atoms with Gasteiger partial charge in [-0.3, -0.25) is 4.90 Å². The summed E-state index contributed by atoms with van der Waals surface area (Å²) < 4.78 is 0. The molecule has 0 unspecified atom stereocenters. The zero-order valence-corrected chi connectivity index (χ0v) is 13.5. The van der Waals surface area contributed by atoms with Crippen LogP contribution in [-0.2, 0) is 6.54 Å². The molecule has 5 heteroatoms. The van der Waals surface area contributed by atoms with Crippen molar-refractivity contribution >= 4 is 5.95 Å². The Bertz CT molecular complexity index is 619. The molecule has 2 heterocycles. The van der Waals surface area contributed by atoms with E-state index in [1.54, 1.807) is 6.20 Å². The second-order valence-electron chi connectivity index (χ2n) is 6.22.